The molecule has 3 aromatic rings. The molecule has 0 aliphatic heterocycles. The molecule has 144 valence electrons. The minimum absolute atomic E-state index is 0.0249. The summed E-state index contributed by atoms with van der Waals surface area (Å²) >= 11 is 1.59. The van der Waals surface area contributed by atoms with E-state index >= 15 is 0 Å². The number of fused-ring (bicyclic) bond motifs is 1. The van der Waals surface area contributed by atoms with Gasteiger partial charge in [0.15, 0.2) is 0 Å². The van der Waals surface area contributed by atoms with Crippen molar-refractivity contribution in [3.8, 4) is 6.07 Å². The molecule has 1 aromatic carbocycles. The topological polar surface area (TPSA) is 69.0 Å². The molecule has 0 aliphatic rings. The Balaban J connectivity index is 1.80. The van der Waals surface area contributed by atoms with Gasteiger partial charge in [-0.05, 0) is 53.6 Å². The van der Waals surface area contributed by atoms with Crippen LogP contribution in [0.4, 0.5) is 24.7 Å². The molecule has 0 saturated carbocycles. The number of benzene rings is 1. The number of pyridine rings is 1. The Morgan fingerprint density at radius 3 is 2.75 bits per heavy atom. The maximum Gasteiger partial charge on any atom is 0.433 e. The first-order chi connectivity index (χ1) is 13.2. The largest absolute Gasteiger partial charge is 0.433 e. The van der Waals surface area contributed by atoms with Crippen LogP contribution in [0.5, 0.6) is 0 Å². The number of hydrogen-bond donors (Lipinski definition) is 1. The summed E-state index contributed by atoms with van der Waals surface area (Å²) in [6.45, 7) is 1.09. The zero-order chi connectivity index (χ0) is 20.5. The van der Waals surface area contributed by atoms with Crippen LogP contribution in [0.25, 0.3) is 10.1 Å². The lowest BCUT2D eigenvalue weighted by Crippen LogP contribution is -2.32. The number of rotatable bonds is 4. The van der Waals surface area contributed by atoms with Crippen LogP contribution in [-0.4, -0.2) is 24.5 Å². The predicted octanol–water partition coefficient (Wildman–Crippen LogP) is 4.57. The lowest BCUT2D eigenvalue weighted by molar-refractivity contribution is -0.141. The van der Waals surface area contributed by atoms with Crippen LogP contribution < -0.4 is 10.2 Å². The Labute approximate surface area is 163 Å². The number of nitrogens with zero attached hydrogens (tertiary/aromatic N) is 3. The molecular formula is C19H15F3N4OS. The number of hydrogen-bond acceptors (Lipinski definition) is 5. The summed E-state index contributed by atoms with van der Waals surface area (Å²) < 4.78 is 40.0. The monoisotopic (exact) mass is 404 g/mol. The Kier molecular flexibility index (Phi) is 5.25. The number of thiophene rings is 1. The molecule has 5 nitrogen and oxygen atoms in total. The number of anilines is 2. The number of amides is 1. The third-order valence-electron chi connectivity index (χ3n) is 4.22. The SMILES string of the molecule is Cc1cc(C(F)(F)F)nc(NCC(=O)N(C)c2ccc3sccc3c2)c1C#N. The van der Waals surface area contributed by atoms with Crippen molar-refractivity contribution in [1.82, 2.24) is 4.98 Å². The number of carbonyl (C=O) groups is 1. The average molecular weight is 404 g/mol. The van der Waals surface area contributed by atoms with Crippen LogP contribution >= 0.6 is 11.3 Å². The van der Waals surface area contributed by atoms with E-state index < -0.39 is 11.9 Å². The van der Waals surface area contributed by atoms with Crippen LogP contribution in [0.1, 0.15) is 16.8 Å². The Morgan fingerprint density at radius 1 is 1.32 bits per heavy atom. The zero-order valence-corrected chi connectivity index (χ0v) is 15.8. The van der Waals surface area contributed by atoms with Crippen molar-refractivity contribution in [2.45, 2.75) is 13.1 Å². The van der Waals surface area contributed by atoms with Gasteiger partial charge >= 0.3 is 6.18 Å². The molecule has 3 rings (SSSR count). The van der Waals surface area contributed by atoms with Gasteiger partial charge < -0.3 is 10.2 Å². The second-order valence-corrected chi connectivity index (χ2v) is 7.05. The van der Waals surface area contributed by atoms with Gasteiger partial charge in [-0.2, -0.15) is 18.4 Å². The lowest BCUT2D eigenvalue weighted by Gasteiger charge is -2.19. The van der Waals surface area contributed by atoms with Crippen LogP contribution in [-0.2, 0) is 11.0 Å². The normalized spacial score (nSPS) is 11.3. The molecule has 0 spiro atoms. The Morgan fingerprint density at radius 2 is 2.07 bits per heavy atom. The number of likely N-dealkylation sites (N-methyl/N-ethyl adjacent to an activating group) is 1. The molecule has 0 bridgehead atoms. The van der Waals surface area contributed by atoms with E-state index in [2.05, 4.69) is 10.3 Å². The molecule has 0 atom stereocenters. The second kappa shape index (κ2) is 7.48. The fourth-order valence-corrected chi connectivity index (χ4v) is 3.44. The summed E-state index contributed by atoms with van der Waals surface area (Å²) in [4.78, 5) is 17.4. The minimum Gasteiger partial charge on any atom is -0.360 e. The minimum atomic E-state index is -4.65. The highest BCUT2D eigenvalue weighted by Gasteiger charge is 2.34. The van der Waals surface area contributed by atoms with Gasteiger partial charge in [-0.25, -0.2) is 4.98 Å². The van der Waals surface area contributed by atoms with Crippen LogP contribution in [0.15, 0.2) is 35.7 Å². The predicted molar refractivity (Wildman–Crippen MR) is 102 cm³/mol. The van der Waals surface area contributed by atoms with Crippen molar-refractivity contribution in [2.75, 3.05) is 23.8 Å². The molecule has 0 radical (unpaired) electrons. The maximum atomic E-state index is 13.0. The van der Waals surface area contributed by atoms with Crippen LogP contribution in [0.2, 0.25) is 0 Å². The first-order valence-corrected chi connectivity index (χ1v) is 9.05. The van der Waals surface area contributed by atoms with Gasteiger partial charge in [0.2, 0.25) is 5.91 Å². The highest BCUT2D eigenvalue weighted by molar-refractivity contribution is 7.17. The van der Waals surface area contributed by atoms with E-state index in [1.165, 1.54) is 11.8 Å². The number of alkyl halides is 3. The molecule has 2 heterocycles. The summed E-state index contributed by atoms with van der Waals surface area (Å²) in [6.07, 6.45) is -4.65. The number of nitrogens with one attached hydrogen (secondary N) is 1. The van der Waals surface area contributed by atoms with Gasteiger partial charge in [0.25, 0.3) is 0 Å². The molecule has 0 saturated heterocycles. The summed E-state index contributed by atoms with van der Waals surface area (Å²) in [7, 11) is 1.58. The van der Waals surface area contributed by atoms with Crippen molar-refractivity contribution < 1.29 is 18.0 Å². The Hall–Kier alpha value is -3.12. The first-order valence-electron chi connectivity index (χ1n) is 8.17. The maximum absolute atomic E-state index is 13.0. The van der Waals surface area contributed by atoms with Crippen LogP contribution in [0, 0.1) is 18.3 Å². The number of aryl methyl sites for hydroxylation is 1. The van der Waals surface area contributed by atoms with Crippen LogP contribution in [0.3, 0.4) is 0 Å². The summed E-state index contributed by atoms with van der Waals surface area (Å²) in [5, 5.41) is 14.7. The molecular weight excluding hydrogens is 389 g/mol. The molecule has 0 unspecified atom stereocenters. The molecule has 0 fully saturated rings. The van der Waals surface area contributed by atoms with E-state index in [4.69, 9.17) is 0 Å². The van der Waals surface area contributed by atoms with E-state index in [0.717, 1.165) is 16.2 Å². The van der Waals surface area contributed by atoms with E-state index in [1.807, 2.05) is 29.6 Å². The van der Waals surface area contributed by atoms with Gasteiger partial charge in [-0.3, -0.25) is 4.79 Å². The second-order valence-electron chi connectivity index (χ2n) is 6.11. The lowest BCUT2D eigenvalue weighted by atomic mass is 10.1. The van der Waals surface area contributed by atoms with Gasteiger partial charge in [0.05, 0.1) is 12.1 Å². The van der Waals surface area contributed by atoms with Gasteiger partial charge in [-0.1, -0.05) is 0 Å². The smallest absolute Gasteiger partial charge is 0.360 e. The van der Waals surface area contributed by atoms with E-state index in [1.54, 1.807) is 24.5 Å². The molecule has 9 heteroatoms. The molecule has 0 aliphatic carbocycles. The van der Waals surface area contributed by atoms with E-state index in [-0.39, 0.29) is 29.4 Å². The van der Waals surface area contributed by atoms with E-state index in [9.17, 15) is 23.2 Å². The quantitative estimate of drug-likeness (QED) is 0.692. The molecule has 1 amide bonds. The summed E-state index contributed by atoms with van der Waals surface area (Å²) in [5.41, 5.74) is -0.346. The van der Waals surface area contributed by atoms with Crippen molar-refractivity contribution >= 4 is 38.8 Å². The number of nitriles is 1. The van der Waals surface area contributed by atoms with Crippen molar-refractivity contribution in [2.24, 2.45) is 0 Å². The Bertz CT molecular complexity index is 1080. The van der Waals surface area contributed by atoms with Gasteiger partial charge in [-0.15, -0.1) is 11.3 Å². The number of aromatic nitrogens is 1. The first kappa shape index (κ1) is 19.6. The summed E-state index contributed by atoms with van der Waals surface area (Å²) in [6, 6.07) is 10.1. The highest BCUT2D eigenvalue weighted by atomic mass is 32.1. The number of halogens is 3. The molecule has 1 N–H and O–H groups in total. The van der Waals surface area contributed by atoms with Gasteiger partial charge in [0.1, 0.15) is 17.6 Å². The van der Waals surface area contributed by atoms with Gasteiger partial charge in [0, 0.05) is 17.4 Å². The van der Waals surface area contributed by atoms with Crippen molar-refractivity contribution in [3.63, 3.8) is 0 Å². The highest BCUT2D eigenvalue weighted by Crippen LogP contribution is 2.31. The molecule has 2 aromatic heterocycles. The zero-order valence-electron chi connectivity index (χ0n) is 15.0. The van der Waals surface area contributed by atoms with Crippen molar-refractivity contribution in [3.05, 3.63) is 52.5 Å². The number of carbonyl (C=O) groups excluding carboxylic acids is 1. The fourth-order valence-electron chi connectivity index (χ4n) is 2.67. The third kappa shape index (κ3) is 3.92. The fraction of sp³-hybridized carbons (Fsp3) is 0.211. The van der Waals surface area contributed by atoms with Crippen molar-refractivity contribution in [1.29, 1.82) is 5.26 Å². The third-order valence-corrected chi connectivity index (χ3v) is 5.12. The average Bonchev–Trinajstić information content (AvgIpc) is 3.12. The molecule has 28 heavy (non-hydrogen) atoms. The standard InChI is InChI=1S/C19H15F3N4OS/c1-11-7-16(19(20,21)22)25-18(14(11)9-23)24-10-17(27)26(2)13-3-4-15-12(8-13)5-6-28-15/h3-8H,10H2,1-2H3,(H,24,25). The van der Waals surface area contributed by atoms with E-state index in [0.29, 0.717) is 5.69 Å². The summed E-state index contributed by atoms with van der Waals surface area (Å²) in [5.74, 6) is -0.639.